The third kappa shape index (κ3) is 3.21. The standard InChI is InChI=1S/C17H26/c1-5-16(17(6-2,7-3)8-4)14-15-12-10-9-11-13-15/h5,9-13,16H,1,6-8,14H2,2-4H3. The van der Waals surface area contributed by atoms with E-state index in [-0.39, 0.29) is 0 Å². The number of allylic oxidation sites excluding steroid dienone is 1. The molecule has 0 N–H and O–H groups in total. The molecule has 94 valence electrons. The van der Waals surface area contributed by atoms with E-state index in [0.717, 1.165) is 6.42 Å². The molecule has 1 aromatic carbocycles. The van der Waals surface area contributed by atoms with Gasteiger partial charge in [-0.15, -0.1) is 6.58 Å². The van der Waals surface area contributed by atoms with Crippen molar-refractivity contribution < 1.29 is 0 Å². The van der Waals surface area contributed by atoms with Crippen molar-refractivity contribution in [1.82, 2.24) is 0 Å². The van der Waals surface area contributed by atoms with Crippen LogP contribution >= 0.6 is 0 Å². The van der Waals surface area contributed by atoms with Crippen LogP contribution in [0.1, 0.15) is 45.6 Å². The Morgan fingerprint density at radius 3 is 2.00 bits per heavy atom. The Hall–Kier alpha value is -1.04. The summed E-state index contributed by atoms with van der Waals surface area (Å²) in [6.07, 6.45) is 7.01. The average molecular weight is 230 g/mol. The molecule has 0 aliphatic heterocycles. The molecule has 0 fully saturated rings. The Bertz CT molecular complexity index is 311. The molecule has 0 aliphatic rings. The van der Waals surface area contributed by atoms with Gasteiger partial charge in [-0.1, -0.05) is 57.2 Å². The molecule has 1 unspecified atom stereocenters. The highest BCUT2D eigenvalue weighted by molar-refractivity contribution is 5.17. The van der Waals surface area contributed by atoms with Crippen LogP contribution in [-0.2, 0) is 6.42 Å². The molecule has 0 radical (unpaired) electrons. The fourth-order valence-electron chi connectivity index (χ4n) is 2.95. The number of benzene rings is 1. The van der Waals surface area contributed by atoms with E-state index in [1.807, 2.05) is 0 Å². The van der Waals surface area contributed by atoms with Crippen LogP contribution in [0, 0.1) is 11.3 Å². The zero-order chi connectivity index (χ0) is 12.7. The summed E-state index contributed by atoms with van der Waals surface area (Å²) in [4.78, 5) is 0. The van der Waals surface area contributed by atoms with Crippen molar-refractivity contribution in [1.29, 1.82) is 0 Å². The van der Waals surface area contributed by atoms with Gasteiger partial charge in [0.15, 0.2) is 0 Å². The summed E-state index contributed by atoms with van der Waals surface area (Å²) in [6, 6.07) is 10.8. The monoisotopic (exact) mass is 230 g/mol. The number of hydrogen-bond donors (Lipinski definition) is 0. The smallest absolute Gasteiger partial charge is 0.0139 e. The van der Waals surface area contributed by atoms with Crippen LogP contribution in [0.4, 0.5) is 0 Å². The van der Waals surface area contributed by atoms with Crippen molar-refractivity contribution in [3.63, 3.8) is 0 Å². The van der Waals surface area contributed by atoms with Gasteiger partial charge in [-0.3, -0.25) is 0 Å². The van der Waals surface area contributed by atoms with E-state index in [1.165, 1.54) is 24.8 Å². The minimum atomic E-state index is 0.428. The summed E-state index contributed by atoms with van der Waals surface area (Å²) >= 11 is 0. The van der Waals surface area contributed by atoms with Gasteiger partial charge in [-0.25, -0.2) is 0 Å². The highest BCUT2D eigenvalue weighted by Gasteiger charge is 2.31. The Kier molecular flexibility index (Phi) is 5.47. The summed E-state index contributed by atoms with van der Waals surface area (Å²) in [5.41, 5.74) is 1.86. The minimum Gasteiger partial charge on any atom is -0.103 e. The highest BCUT2D eigenvalue weighted by atomic mass is 14.4. The van der Waals surface area contributed by atoms with Crippen LogP contribution in [0.25, 0.3) is 0 Å². The molecule has 0 heterocycles. The van der Waals surface area contributed by atoms with Crippen molar-refractivity contribution in [3.8, 4) is 0 Å². The number of rotatable bonds is 7. The molecule has 1 atom stereocenters. The van der Waals surface area contributed by atoms with Gasteiger partial charge in [0.25, 0.3) is 0 Å². The molecule has 0 aromatic heterocycles. The normalized spacial score (nSPS) is 13.4. The van der Waals surface area contributed by atoms with Gasteiger partial charge in [0.1, 0.15) is 0 Å². The zero-order valence-electron chi connectivity index (χ0n) is 11.6. The fourth-order valence-corrected chi connectivity index (χ4v) is 2.95. The second kappa shape index (κ2) is 6.64. The predicted octanol–water partition coefficient (Wildman–Crippen LogP) is 5.25. The second-order valence-corrected chi connectivity index (χ2v) is 4.95. The summed E-state index contributed by atoms with van der Waals surface area (Å²) < 4.78 is 0. The molecule has 17 heavy (non-hydrogen) atoms. The first-order valence-corrected chi connectivity index (χ1v) is 6.88. The van der Waals surface area contributed by atoms with Crippen molar-refractivity contribution in [3.05, 3.63) is 48.6 Å². The average Bonchev–Trinajstić information content (AvgIpc) is 2.41. The summed E-state index contributed by atoms with van der Waals surface area (Å²) in [7, 11) is 0. The van der Waals surface area contributed by atoms with E-state index >= 15 is 0 Å². The molecule has 0 aliphatic carbocycles. The topological polar surface area (TPSA) is 0 Å². The predicted molar refractivity (Wildman–Crippen MR) is 77.1 cm³/mol. The summed E-state index contributed by atoms with van der Waals surface area (Å²) in [6.45, 7) is 11.0. The Balaban J connectivity index is 2.87. The SMILES string of the molecule is C=CC(Cc1ccccc1)C(CC)(CC)CC. The molecule has 1 aromatic rings. The van der Waals surface area contributed by atoms with Crippen molar-refractivity contribution in [2.24, 2.45) is 11.3 Å². The van der Waals surface area contributed by atoms with E-state index < -0.39 is 0 Å². The summed E-state index contributed by atoms with van der Waals surface area (Å²) in [5.74, 6) is 0.588. The van der Waals surface area contributed by atoms with Gasteiger partial charge in [-0.2, -0.15) is 0 Å². The lowest BCUT2D eigenvalue weighted by molar-refractivity contribution is 0.169. The van der Waals surface area contributed by atoms with Crippen LogP contribution in [-0.4, -0.2) is 0 Å². The van der Waals surface area contributed by atoms with Crippen LogP contribution in [0.3, 0.4) is 0 Å². The molecule has 0 spiro atoms. The second-order valence-electron chi connectivity index (χ2n) is 4.95. The van der Waals surface area contributed by atoms with Gasteiger partial charge >= 0.3 is 0 Å². The molecule has 0 saturated heterocycles. The van der Waals surface area contributed by atoms with Crippen LogP contribution in [0.5, 0.6) is 0 Å². The van der Waals surface area contributed by atoms with Crippen molar-refractivity contribution in [2.45, 2.75) is 46.5 Å². The van der Waals surface area contributed by atoms with Crippen LogP contribution < -0.4 is 0 Å². The van der Waals surface area contributed by atoms with Gasteiger partial charge in [0, 0.05) is 0 Å². The van der Waals surface area contributed by atoms with Crippen LogP contribution in [0.15, 0.2) is 43.0 Å². The third-order valence-corrected chi connectivity index (χ3v) is 4.48. The molecular formula is C17H26. The van der Waals surface area contributed by atoms with E-state index in [2.05, 4.69) is 63.8 Å². The Labute approximate surface area is 107 Å². The largest absolute Gasteiger partial charge is 0.103 e. The molecular weight excluding hydrogens is 204 g/mol. The molecule has 0 heteroatoms. The first-order valence-electron chi connectivity index (χ1n) is 6.88. The minimum absolute atomic E-state index is 0.428. The maximum atomic E-state index is 4.07. The molecule has 0 nitrogen and oxygen atoms in total. The molecule has 0 saturated carbocycles. The lowest BCUT2D eigenvalue weighted by Gasteiger charge is -2.37. The molecule has 1 rings (SSSR count). The van der Waals surface area contributed by atoms with E-state index in [4.69, 9.17) is 0 Å². The van der Waals surface area contributed by atoms with Gasteiger partial charge in [-0.05, 0) is 42.6 Å². The Morgan fingerprint density at radius 2 is 1.59 bits per heavy atom. The third-order valence-electron chi connectivity index (χ3n) is 4.48. The van der Waals surface area contributed by atoms with E-state index in [9.17, 15) is 0 Å². The van der Waals surface area contributed by atoms with Gasteiger partial charge in [0.05, 0.1) is 0 Å². The van der Waals surface area contributed by atoms with E-state index in [0.29, 0.717) is 11.3 Å². The highest BCUT2D eigenvalue weighted by Crippen LogP contribution is 2.41. The van der Waals surface area contributed by atoms with Crippen molar-refractivity contribution in [2.75, 3.05) is 0 Å². The first-order chi connectivity index (χ1) is 8.22. The maximum absolute atomic E-state index is 4.07. The molecule has 0 bridgehead atoms. The molecule has 0 amide bonds. The van der Waals surface area contributed by atoms with Gasteiger partial charge < -0.3 is 0 Å². The van der Waals surface area contributed by atoms with Crippen molar-refractivity contribution >= 4 is 0 Å². The first kappa shape index (κ1) is 14.0. The van der Waals surface area contributed by atoms with E-state index in [1.54, 1.807) is 0 Å². The zero-order valence-corrected chi connectivity index (χ0v) is 11.6. The lowest BCUT2D eigenvalue weighted by atomic mass is 9.67. The van der Waals surface area contributed by atoms with Gasteiger partial charge in [0.2, 0.25) is 0 Å². The van der Waals surface area contributed by atoms with Crippen LogP contribution in [0.2, 0.25) is 0 Å². The maximum Gasteiger partial charge on any atom is -0.0139 e. The fraction of sp³-hybridized carbons (Fsp3) is 0.529. The summed E-state index contributed by atoms with van der Waals surface area (Å²) in [5, 5.41) is 0. The Morgan fingerprint density at radius 1 is 1.06 bits per heavy atom. The lowest BCUT2D eigenvalue weighted by Crippen LogP contribution is -2.29. The quantitative estimate of drug-likeness (QED) is 0.561. The number of hydrogen-bond acceptors (Lipinski definition) is 0.